The van der Waals surface area contributed by atoms with Crippen molar-refractivity contribution in [3.05, 3.63) is 101 Å². The van der Waals surface area contributed by atoms with E-state index in [1.165, 1.54) is 41.8 Å². The molecule has 6 nitrogen and oxygen atoms in total. The number of anilines is 1. The molecule has 7 heteroatoms. The zero-order valence-electron chi connectivity index (χ0n) is 18.1. The number of halogens is 1. The van der Waals surface area contributed by atoms with E-state index in [4.69, 9.17) is 4.42 Å². The second-order valence-corrected chi connectivity index (χ2v) is 8.29. The van der Waals surface area contributed by atoms with Crippen LogP contribution in [0.3, 0.4) is 0 Å². The van der Waals surface area contributed by atoms with Gasteiger partial charge in [-0.3, -0.25) is 9.59 Å². The quantitative estimate of drug-likeness (QED) is 0.383. The summed E-state index contributed by atoms with van der Waals surface area (Å²) in [5, 5.41) is 12.6. The number of nitrogens with zero attached hydrogens (tertiary/aromatic N) is 1. The number of carboxylic acids is 1. The highest BCUT2D eigenvalue weighted by atomic mass is 19.1. The highest BCUT2D eigenvalue weighted by Gasteiger charge is 2.26. The molecule has 0 fully saturated rings. The van der Waals surface area contributed by atoms with Gasteiger partial charge in [-0.25, -0.2) is 9.37 Å². The van der Waals surface area contributed by atoms with Crippen LogP contribution in [0.25, 0.3) is 17.2 Å². The van der Waals surface area contributed by atoms with E-state index in [1.807, 2.05) is 18.2 Å². The number of benzene rings is 3. The number of carbonyl (C=O) groups excluding carboxylic acids is 1. The number of aromatic nitrogens is 1. The Balaban J connectivity index is 1.33. The molecule has 1 heterocycles. The number of carbonyl (C=O) groups is 2. The number of rotatable bonds is 6. The molecule has 4 aromatic rings. The van der Waals surface area contributed by atoms with E-state index >= 15 is 0 Å². The van der Waals surface area contributed by atoms with Crippen molar-refractivity contribution in [2.75, 3.05) is 5.32 Å². The fourth-order valence-corrected chi connectivity index (χ4v) is 4.40. The van der Waals surface area contributed by atoms with Gasteiger partial charge in [0.05, 0.1) is 0 Å². The van der Waals surface area contributed by atoms with E-state index in [0.29, 0.717) is 22.2 Å². The Morgan fingerprint density at radius 2 is 1.91 bits per heavy atom. The minimum Gasteiger partial charge on any atom is -0.481 e. The zero-order valence-corrected chi connectivity index (χ0v) is 18.1. The minimum absolute atomic E-state index is 0.0232. The van der Waals surface area contributed by atoms with Gasteiger partial charge in [-0.05, 0) is 77.9 Å². The van der Waals surface area contributed by atoms with Crippen molar-refractivity contribution in [2.45, 2.75) is 25.2 Å². The first-order chi connectivity index (χ1) is 16.5. The van der Waals surface area contributed by atoms with Crippen molar-refractivity contribution in [1.29, 1.82) is 0 Å². The molecule has 1 aromatic heterocycles. The van der Waals surface area contributed by atoms with E-state index < -0.39 is 17.7 Å². The maximum atomic E-state index is 15.0. The van der Waals surface area contributed by atoms with Crippen molar-refractivity contribution in [3.8, 4) is 0 Å². The second-order valence-electron chi connectivity index (χ2n) is 8.29. The fourth-order valence-electron chi connectivity index (χ4n) is 4.40. The first-order valence-electron chi connectivity index (χ1n) is 10.9. The van der Waals surface area contributed by atoms with Gasteiger partial charge in [0.1, 0.15) is 17.3 Å². The van der Waals surface area contributed by atoms with Gasteiger partial charge >= 0.3 is 5.97 Å². The van der Waals surface area contributed by atoms with Gasteiger partial charge in [0.25, 0.3) is 0 Å². The molecule has 5 rings (SSSR count). The van der Waals surface area contributed by atoms with Crippen LogP contribution in [0.2, 0.25) is 0 Å². The lowest BCUT2D eigenvalue weighted by Crippen LogP contribution is -2.14. The Hall–Kier alpha value is -4.26. The Morgan fingerprint density at radius 1 is 1.06 bits per heavy atom. The second kappa shape index (κ2) is 8.94. The Kier molecular flexibility index (Phi) is 5.67. The summed E-state index contributed by atoms with van der Waals surface area (Å²) in [6, 6.07) is 14.9. The molecule has 2 N–H and O–H groups in total. The number of amides is 1. The SMILES string of the molecule is O=C(C=Cc1ccc(C(C(=O)O)c2ccc3ocnc3c2)c(F)c1)Nc1ccc2c(c1)CCC2. The molecule has 0 aliphatic heterocycles. The lowest BCUT2D eigenvalue weighted by atomic mass is 9.90. The molecule has 1 amide bonds. The first-order valence-corrected chi connectivity index (χ1v) is 10.9. The standard InChI is InChI=1S/C27H21FN2O4/c28-22-12-16(5-11-25(31)30-20-8-6-17-2-1-3-18(17)13-20)4-9-21(22)26(27(32)33)19-7-10-24-23(14-19)29-15-34-24/h4-15,26H,1-3H2,(H,30,31)(H,32,33). The van der Waals surface area contributed by atoms with E-state index in [2.05, 4.69) is 10.3 Å². The van der Waals surface area contributed by atoms with Crippen LogP contribution in [0.4, 0.5) is 10.1 Å². The normalized spacial score (nSPS) is 13.8. The molecule has 0 spiro atoms. The van der Waals surface area contributed by atoms with Crippen LogP contribution in [0.1, 0.15) is 40.2 Å². The van der Waals surface area contributed by atoms with Crippen LogP contribution < -0.4 is 5.32 Å². The van der Waals surface area contributed by atoms with E-state index in [1.54, 1.807) is 24.3 Å². The number of aryl methyl sites for hydroxylation is 2. The smallest absolute Gasteiger partial charge is 0.315 e. The highest BCUT2D eigenvalue weighted by molar-refractivity contribution is 6.02. The van der Waals surface area contributed by atoms with Crippen LogP contribution in [0, 0.1) is 5.82 Å². The number of carboxylic acid groups (broad SMARTS) is 1. The number of nitrogens with one attached hydrogen (secondary N) is 1. The Bertz CT molecular complexity index is 1440. The summed E-state index contributed by atoms with van der Waals surface area (Å²) in [5.41, 5.74) is 5.19. The maximum absolute atomic E-state index is 15.0. The Morgan fingerprint density at radius 3 is 2.74 bits per heavy atom. The van der Waals surface area contributed by atoms with Crippen molar-refractivity contribution in [3.63, 3.8) is 0 Å². The number of hydrogen-bond donors (Lipinski definition) is 2. The molecular weight excluding hydrogens is 435 g/mol. The summed E-state index contributed by atoms with van der Waals surface area (Å²) in [6.45, 7) is 0. The van der Waals surface area contributed by atoms with Gasteiger partial charge in [0.15, 0.2) is 12.0 Å². The van der Waals surface area contributed by atoms with E-state index in [9.17, 15) is 19.1 Å². The minimum atomic E-state index is -1.21. The van der Waals surface area contributed by atoms with E-state index in [-0.39, 0.29) is 11.5 Å². The lowest BCUT2D eigenvalue weighted by Gasteiger charge is -2.14. The first kappa shape index (κ1) is 21.6. The van der Waals surface area contributed by atoms with Crippen LogP contribution in [0.5, 0.6) is 0 Å². The summed E-state index contributed by atoms with van der Waals surface area (Å²) in [6.07, 6.45) is 7.31. The molecule has 1 aliphatic rings. The van der Waals surface area contributed by atoms with Crippen molar-refractivity contribution in [1.82, 2.24) is 4.98 Å². The van der Waals surface area contributed by atoms with Gasteiger partial charge in [-0.2, -0.15) is 0 Å². The summed E-state index contributed by atoms with van der Waals surface area (Å²) < 4.78 is 20.2. The van der Waals surface area contributed by atoms with Crippen LogP contribution >= 0.6 is 0 Å². The van der Waals surface area contributed by atoms with E-state index in [0.717, 1.165) is 24.9 Å². The summed E-state index contributed by atoms with van der Waals surface area (Å²) in [5.74, 6) is -3.39. The van der Waals surface area contributed by atoms with Crippen molar-refractivity contribution >= 4 is 34.7 Å². The summed E-state index contributed by atoms with van der Waals surface area (Å²) >= 11 is 0. The van der Waals surface area contributed by atoms with Crippen LogP contribution in [-0.4, -0.2) is 22.0 Å². The van der Waals surface area contributed by atoms with Crippen LogP contribution in [0.15, 0.2) is 71.5 Å². The molecule has 1 atom stereocenters. The average Bonchev–Trinajstić information content (AvgIpc) is 3.47. The predicted octanol–water partition coefficient (Wildman–Crippen LogP) is 5.32. The molecule has 34 heavy (non-hydrogen) atoms. The molecule has 1 unspecified atom stereocenters. The molecule has 0 saturated carbocycles. The molecule has 3 aromatic carbocycles. The third-order valence-corrected chi connectivity index (χ3v) is 6.06. The predicted molar refractivity (Wildman–Crippen MR) is 126 cm³/mol. The molecule has 0 bridgehead atoms. The monoisotopic (exact) mass is 456 g/mol. The zero-order chi connectivity index (χ0) is 23.7. The largest absolute Gasteiger partial charge is 0.481 e. The van der Waals surface area contributed by atoms with Gasteiger partial charge in [-0.1, -0.05) is 24.3 Å². The molecule has 170 valence electrons. The summed E-state index contributed by atoms with van der Waals surface area (Å²) in [7, 11) is 0. The third kappa shape index (κ3) is 4.32. The number of oxazole rings is 1. The van der Waals surface area contributed by atoms with Gasteiger partial charge in [0, 0.05) is 17.3 Å². The molecule has 0 radical (unpaired) electrons. The number of hydrogen-bond acceptors (Lipinski definition) is 4. The number of fused-ring (bicyclic) bond motifs is 2. The Labute approximate surface area is 194 Å². The fraction of sp³-hybridized carbons (Fsp3) is 0.148. The third-order valence-electron chi connectivity index (χ3n) is 6.06. The molecule has 1 aliphatic carbocycles. The molecular formula is C27H21FN2O4. The lowest BCUT2D eigenvalue weighted by molar-refractivity contribution is -0.137. The van der Waals surface area contributed by atoms with Crippen LogP contribution in [-0.2, 0) is 22.4 Å². The van der Waals surface area contributed by atoms with Gasteiger partial charge in [0.2, 0.25) is 5.91 Å². The summed E-state index contributed by atoms with van der Waals surface area (Å²) in [4.78, 5) is 28.4. The van der Waals surface area contributed by atoms with Gasteiger partial charge < -0.3 is 14.8 Å². The highest BCUT2D eigenvalue weighted by Crippen LogP contribution is 2.30. The van der Waals surface area contributed by atoms with Crippen molar-refractivity contribution < 1.29 is 23.5 Å². The maximum Gasteiger partial charge on any atom is 0.315 e. The molecule has 0 saturated heterocycles. The number of aliphatic carboxylic acids is 1. The van der Waals surface area contributed by atoms with Crippen molar-refractivity contribution in [2.24, 2.45) is 0 Å². The van der Waals surface area contributed by atoms with Gasteiger partial charge in [-0.15, -0.1) is 0 Å². The topological polar surface area (TPSA) is 92.4 Å². The average molecular weight is 456 g/mol.